The fourth-order valence-corrected chi connectivity index (χ4v) is 7.09. The molecule has 0 bridgehead atoms. The van der Waals surface area contributed by atoms with E-state index in [1.165, 1.54) is 11.8 Å². The minimum atomic E-state index is -1.43. The van der Waals surface area contributed by atoms with Crippen molar-refractivity contribution in [2.45, 2.75) is 123 Å². The van der Waals surface area contributed by atoms with Crippen molar-refractivity contribution >= 4 is 52.3 Å². The lowest BCUT2D eigenvalue weighted by molar-refractivity contribution is -0.143. The molecule has 0 aliphatic carbocycles. The molecule has 7 unspecified atom stereocenters. The van der Waals surface area contributed by atoms with E-state index in [0.717, 1.165) is 16.5 Å². The highest BCUT2D eigenvalue weighted by molar-refractivity contribution is 5.99. The van der Waals surface area contributed by atoms with E-state index >= 15 is 0 Å². The van der Waals surface area contributed by atoms with Crippen LogP contribution in [0.1, 0.15) is 79.7 Å². The van der Waals surface area contributed by atoms with Crippen LogP contribution in [0.3, 0.4) is 0 Å². The Morgan fingerprint density at radius 1 is 0.691 bits per heavy atom. The van der Waals surface area contributed by atoms with Crippen molar-refractivity contribution in [3.63, 3.8) is 0 Å². The molecule has 2 aromatic rings. The van der Waals surface area contributed by atoms with Crippen molar-refractivity contribution in [2.75, 3.05) is 13.2 Å². The predicted octanol–water partition coefficient (Wildman–Crippen LogP) is 0.384. The summed E-state index contributed by atoms with van der Waals surface area (Å²) in [6.07, 6.45) is 2.94. The molecule has 0 saturated carbocycles. The van der Waals surface area contributed by atoms with Crippen LogP contribution in [0.4, 0.5) is 0 Å². The smallest absolute Gasteiger partial charge is 0.248 e. The van der Waals surface area contributed by atoms with Crippen LogP contribution in [0, 0.1) is 17.8 Å². The summed E-state index contributed by atoms with van der Waals surface area (Å²) in [6.45, 7) is 11.8. The molecule has 2 aliphatic rings. The maximum absolute atomic E-state index is 14.0. The number of aliphatic hydroxyl groups excluding tert-OH is 1. The third-order valence-electron chi connectivity index (χ3n) is 10.0. The highest BCUT2D eigenvalue weighted by atomic mass is 16.3. The molecule has 1 aromatic carbocycles. The van der Waals surface area contributed by atoms with E-state index in [9.17, 15) is 38.7 Å². The van der Waals surface area contributed by atoms with Gasteiger partial charge in [-0.25, -0.2) is 0 Å². The van der Waals surface area contributed by atoms with E-state index in [1.807, 2.05) is 52.0 Å². The molecular formula is C39H58N8O8. The zero-order valence-corrected chi connectivity index (χ0v) is 32.9. The number of hydrogen-bond donors (Lipinski definition) is 8. The molecule has 3 heterocycles. The van der Waals surface area contributed by atoms with Crippen molar-refractivity contribution in [1.82, 2.24) is 41.8 Å². The number of hydrogen-bond acceptors (Lipinski definition) is 8. The third-order valence-corrected chi connectivity index (χ3v) is 10.0. The van der Waals surface area contributed by atoms with Crippen LogP contribution in [0.2, 0.25) is 0 Å². The first-order valence-electron chi connectivity index (χ1n) is 19.3. The fourth-order valence-electron chi connectivity index (χ4n) is 7.09. The number of aromatic amines is 1. The maximum Gasteiger partial charge on any atom is 0.248 e. The highest BCUT2D eigenvalue weighted by Gasteiger charge is 2.40. The lowest BCUT2D eigenvalue weighted by Gasteiger charge is -2.31. The van der Waals surface area contributed by atoms with Crippen LogP contribution in [0.15, 0.2) is 30.5 Å². The van der Waals surface area contributed by atoms with Gasteiger partial charge in [0.25, 0.3) is 0 Å². The molecule has 302 valence electrons. The Bertz CT molecular complexity index is 1720. The first-order chi connectivity index (χ1) is 26.0. The van der Waals surface area contributed by atoms with Gasteiger partial charge in [-0.1, -0.05) is 59.7 Å². The summed E-state index contributed by atoms with van der Waals surface area (Å²) >= 11 is 0. The number of nitrogens with zero attached hydrogens (tertiary/aromatic N) is 1. The van der Waals surface area contributed by atoms with Crippen LogP contribution in [-0.2, 0) is 40.0 Å². The number of nitrogens with one attached hydrogen (secondary N) is 7. The summed E-state index contributed by atoms with van der Waals surface area (Å²) < 4.78 is 0. The normalized spacial score (nSPS) is 26.9. The zero-order chi connectivity index (χ0) is 40.6. The van der Waals surface area contributed by atoms with E-state index < -0.39 is 96.2 Å². The van der Waals surface area contributed by atoms with Crippen LogP contribution in [0.25, 0.3) is 10.9 Å². The van der Waals surface area contributed by atoms with Gasteiger partial charge < -0.3 is 46.9 Å². The minimum Gasteiger partial charge on any atom is -0.394 e. The summed E-state index contributed by atoms with van der Waals surface area (Å²) in [5, 5.41) is 27.4. The SMILES string of the molecule is CC(C)CC1NC(=O)C(C)NC(=O)C(Cc2c[nH]c3ccccc23)NC(=O)C2CCCN2C(=O)C(CO)NC(=O)C(C(C)C)NC(=O)C(CC(C)C)NC1=O. The number of carbonyl (C=O) groups is 7. The number of rotatable bonds is 8. The number of H-pyrrole nitrogens is 1. The number of aromatic nitrogens is 1. The second-order valence-electron chi connectivity index (χ2n) is 15.9. The molecule has 7 atom stereocenters. The van der Waals surface area contributed by atoms with Gasteiger partial charge in [-0.2, -0.15) is 0 Å². The van der Waals surface area contributed by atoms with Crippen molar-refractivity contribution in [1.29, 1.82) is 0 Å². The molecule has 1 aromatic heterocycles. The summed E-state index contributed by atoms with van der Waals surface area (Å²) in [4.78, 5) is 101. The molecule has 2 saturated heterocycles. The number of carbonyl (C=O) groups excluding carboxylic acids is 7. The van der Waals surface area contributed by atoms with Crippen molar-refractivity contribution < 1.29 is 38.7 Å². The van der Waals surface area contributed by atoms with Gasteiger partial charge in [-0.05, 0) is 62.0 Å². The van der Waals surface area contributed by atoms with Gasteiger partial charge in [0.1, 0.15) is 42.3 Å². The Balaban J connectivity index is 1.73. The lowest BCUT2D eigenvalue weighted by atomic mass is 9.98. The van der Waals surface area contributed by atoms with Crippen molar-refractivity contribution in [3.05, 3.63) is 36.0 Å². The average molecular weight is 767 g/mol. The molecule has 7 amide bonds. The van der Waals surface area contributed by atoms with E-state index in [1.54, 1.807) is 20.0 Å². The van der Waals surface area contributed by atoms with Crippen LogP contribution in [-0.4, -0.2) is 112 Å². The Kier molecular flexibility index (Phi) is 14.8. The molecule has 8 N–H and O–H groups in total. The average Bonchev–Trinajstić information content (AvgIpc) is 3.78. The lowest BCUT2D eigenvalue weighted by Crippen LogP contribution is -2.61. The monoisotopic (exact) mass is 766 g/mol. The molecule has 4 rings (SSSR count). The predicted molar refractivity (Wildman–Crippen MR) is 205 cm³/mol. The summed E-state index contributed by atoms with van der Waals surface area (Å²) in [5.74, 6) is -5.18. The van der Waals surface area contributed by atoms with Crippen molar-refractivity contribution in [3.8, 4) is 0 Å². The number of para-hydroxylation sites is 1. The molecule has 55 heavy (non-hydrogen) atoms. The molecule has 2 aliphatic heterocycles. The summed E-state index contributed by atoms with van der Waals surface area (Å²) in [6, 6.07) is -0.601. The molecule has 0 radical (unpaired) electrons. The van der Waals surface area contributed by atoms with E-state index in [4.69, 9.17) is 0 Å². The number of aliphatic hydroxyl groups is 1. The van der Waals surface area contributed by atoms with Gasteiger partial charge in [0, 0.05) is 30.1 Å². The minimum absolute atomic E-state index is 0.0408. The van der Waals surface area contributed by atoms with Gasteiger partial charge in [0.05, 0.1) is 6.61 Å². The second kappa shape index (κ2) is 19.0. The first-order valence-corrected chi connectivity index (χ1v) is 19.3. The Labute approximate surface area is 322 Å². The van der Waals surface area contributed by atoms with Gasteiger partial charge in [-0.15, -0.1) is 0 Å². The molecule has 16 nitrogen and oxygen atoms in total. The van der Waals surface area contributed by atoms with Gasteiger partial charge in [0.15, 0.2) is 0 Å². The number of fused-ring (bicyclic) bond motifs is 2. The Morgan fingerprint density at radius 3 is 1.87 bits per heavy atom. The van der Waals surface area contributed by atoms with E-state index in [0.29, 0.717) is 6.42 Å². The molecule has 0 spiro atoms. The van der Waals surface area contributed by atoms with Crippen LogP contribution < -0.4 is 31.9 Å². The number of amides is 7. The van der Waals surface area contributed by atoms with E-state index in [2.05, 4.69) is 36.9 Å². The van der Waals surface area contributed by atoms with Gasteiger partial charge in [-0.3, -0.25) is 33.6 Å². The molecule has 2 fully saturated rings. The van der Waals surface area contributed by atoms with Crippen LogP contribution in [0.5, 0.6) is 0 Å². The Morgan fingerprint density at radius 2 is 1.25 bits per heavy atom. The first kappa shape index (κ1) is 42.7. The molecular weight excluding hydrogens is 708 g/mol. The van der Waals surface area contributed by atoms with Crippen molar-refractivity contribution in [2.24, 2.45) is 17.8 Å². The van der Waals surface area contributed by atoms with Gasteiger partial charge in [0.2, 0.25) is 41.4 Å². The quantitative estimate of drug-likeness (QED) is 0.187. The summed E-state index contributed by atoms with van der Waals surface area (Å²) in [7, 11) is 0. The third kappa shape index (κ3) is 11.0. The standard InChI is InChI=1S/C39H58N8O8/c1-20(2)15-27-35(51)43-28(16-21(3)4)36(52)46-32(22(5)6)38(54)45-30(19-48)39(55)47-14-10-13-31(47)37(53)44-29(34(50)41-23(7)33(49)42-27)17-24-18-40-26-12-9-8-11-25(24)26/h8-9,11-12,18,20-23,27-32,40,48H,10,13-17,19H2,1-7H3,(H,41,50)(H,42,49)(H,43,51)(H,44,53)(H,45,54)(H,46,52). The number of benzene rings is 1. The Hall–Kier alpha value is -4.99. The highest BCUT2D eigenvalue weighted by Crippen LogP contribution is 2.22. The topological polar surface area (TPSA) is 231 Å². The fraction of sp³-hybridized carbons (Fsp3) is 0.615. The summed E-state index contributed by atoms with van der Waals surface area (Å²) in [5.41, 5.74) is 1.56. The maximum atomic E-state index is 14.0. The largest absolute Gasteiger partial charge is 0.394 e. The molecule has 16 heteroatoms. The second-order valence-corrected chi connectivity index (χ2v) is 15.9. The zero-order valence-electron chi connectivity index (χ0n) is 32.9. The van der Waals surface area contributed by atoms with E-state index in [-0.39, 0.29) is 44.1 Å². The van der Waals surface area contributed by atoms with Crippen LogP contribution >= 0.6 is 0 Å². The van der Waals surface area contributed by atoms with Gasteiger partial charge >= 0.3 is 0 Å².